The molecule has 104 valence electrons. The van der Waals surface area contributed by atoms with Crippen LogP contribution in [-0.4, -0.2) is 16.8 Å². The minimum absolute atomic E-state index is 0.164. The van der Waals surface area contributed by atoms with E-state index in [1.165, 1.54) is 6.07 Å². The average molecular weight is 274 g/mol. The second kappa shape index (κ2) is 6.65. The molecule has 0 unspecified atom stereocenters. The van der Waals surface area contributed by atoms with Crippen LogP contribution in [0, 0.1) is 5.82 Å². The molecule has 0 bridgehead atoms. The largest absolute Gasteiger partial charge is 0.352 e. The van der Waals surface area contributed by atoms with Crippen LogP contribution in [-0.2, 0) is 17.9 Å². The average Bonchev–Trinajstić information content (AvgIpc) is 2.91. The van der Waals surface area contributed by atoms with Gasteiger partial charge in [-0.3, -0.25) is 9.59 Å². The molecule has 1 aromatic carbocycles. The molecule has 0 saturated heterocycles. The standard InChI is InChI=1S/C15H15FN2O2/c16-14-6-2-1-4-12(14)10-17-15(20)7-9-18-8-3-5-13(18)11-19/h1-6,8,11H,7,9-10H2,(H,17,20). The fourth-order valence-corrected chi connectivity index (χ4v) is 1.88. The first-order valence-corrected chi connectivity index (χ1v) is 6.31. The number of nitrogens with zero attached hydrogens (tertiary/aromatic N) is 1. The lowest BCUT2D eigenvalue weighted by atomic mass is 10.2. The third-order valence-corrected chi connectivity index (χ3v) is 3.00. The summed E-state index contributed by atoms with van der Waals surface area (Å²) in [5.41, 5.74) is 0.988. The van der Waals surface area contributed by atoms with Gasteiger partial charge in [0.05, 0.1) is 5.69 Å². The minimum atomic E-state index is -0.332. The highest BCUT2D eigenvalue weighted by molar-refractivity contribution is 5.76. The van der Waals surface area contributed by atoms with Crippen molar-refractivity contribution in [3.8, 4) is 0 Å². The highest BCUT2D eigenvalue weighted by Crippen LogP contribution is 2.06. The molecule has 1 amide bonds. The number of hydrogen-bond acceptors (Lipinski definition) is 2. The fraction of sp³-hybridized carbons (Fsp3) is 0.200. The van der Waals surface area contributed by atoms with Crippen molar-refractivity contribution in [2.24, 2.45) is 0 Å². The first-order valence-electron chi connectivity index (χ1n) is 6.31. The van der Waals surface area contributed by atoms with E-state index < -0.39 is 0 Å². The molecule has 1 heterocycles. The lowest BCUT2D eigenvalue weighted by Gasteiger charge is -2.07. The smallest absolute Gasteiger partial charge is 0.222 e. The van der Waals surface area contributed by atoms with Gasteiger partial charge in [-0.25, -0.2) is 4.39 Å². The van der Waals surface area contributed by atoms with Crippen LogP contribution in [0.2, 0.25) is 0 Å². The van der Waals surface area contributed by atoms with Crippen molar-refractivity contribution >= 4 is 12.2 Å². The Morgan fingerprint density at radius 3 is 2.80 bits per heavy atom. The molecule has 0 aliphatic rings. The maximum atomic E-state index is 13.4. The molecule has 2 rings (SSSR count). The molecule has 0 saturated carbocycles. The number of aldehydes is 1. The number of carbonyl (C=O) groups is 2. The third kappa shape index (κ3) is 3.54. The van der Waals surface area contributed by atoms with E-state index in [1.807, 2.05) is 0 Å². The molecular formula is C15H15FN2O2. The molecule has 0 aliphatic heterocycles. The van der Waals surface area contributed by atoms with Gasteiger partial charge >= 0.3 is 0 Å². The van der Waals surface area contributed by atoms with Crippen molar-refractivity contribution in [2.45, 2.75) is 19.5 Å². The lowest BCUT2D eigenvalue weighted by molar-refractivity contribution is -0.121. The lowest BCUT2D eigenvalue weighted by Crippen LogP contribution is -2.24. The topological polar surface area (TPSA) is 51.1 Å². The number of halogens is 1. The number of hydrogen-bond donors (Lipinski definition) is 1. The van der Waals surface area contributed by atoms with Gasteiger partial charge in [-0.1, -0.05) is 18.2 Å². The Bertz CT molecular complexity index is 607. The number of aryl methyl sites for hydroxylation is 1. The molecule has 0 aliphatic carbocycles. The Labute approximate surface area is 116 Å². The normalized spacial score (nSPS) is 10.2. The van der Waals surface area contributed by atoms with E-state index >= 15 is 0 Å². The van der Waals surface area contributed by atoms with Gasteiger partial charge in [0.25, 0.3) is 0 Å². The van der Waals surface area contributed by atoms with Gasteiger partial charge in [-0.2, -0.15) is 0 Å². The van der Waals surface area contributed by atoms with E-state index in [4.69, 9.17) is 0 Å². The third-order valence-electron chi connectivity index (χ3n) is 3.00. The van der Waals surface area contributed by atoms with Crippen LogP contribution < -0.4 is 5.32 Å². The van der Waals surface area contributed by atoms with E-state index in [2.05, 4.69) is 5.32 Å². The van der Waals surface area contributed by atoms with Gasteiger partial charge in [-0.15, -0.1) is 0 Å². The Morgan fingerprint density at radius 1 is 1.25 bits per heavy atom. The number of rotatable bonds is 6. The summed E-state index contributed by atoms with van der Waals surface area (Å²) in [4.78, 5) is 22.4. The zero-order valence-electron chi connectivity index (χ0n) is 10.9. The van der Waals surface area contributed by atoms with Crippen molar-refractivity contribution in [3.05, 3.63) is 59.7 Å². The van der Waals surface area contributed by atoms with Gasteiger partial charge in [0.2, 0.25) is 5.91 Å². The van der Waals surface area contributed by atoms with Crippen LogP contribution in [0.1, 0.15) is 22.5 Å². The molecule has 0 atom stereocenters. The van der Waals surface area contributed by atoms with Crippen molar-refractivity contribution < 1.29 is 14.0 Å². The fourth-order valence-electron chi connectivity index (χ4n) is 1.88. The Balaban J connectivity index is 1.82. The summed E-state index contributed by atoms with van der Waals surface area (Å²) in [6.45, 7) is 0.585. The predicted octanol–water partition coefficient (Wildman–Crippen LogP) is 2.15. The molecular weight excluding hydrogens is 259 g/mol. The van der Waals surface area contributed by atoms with Crippen LogP contribution in [0.15, 0.2) is 42.6 Å². The molecule has 1 aromatic heterocycles. The summed E-state index contributed by atoms with van der Waals surface area (Å²) in [6.07, 6.45) is 2.73. The summed E-state index contributed by atoms with van der Waals surface area (Å²) in [7, 11) is 0. The van der Waals surface area contributed by atoms with E-state index in [0.29, 0.717) is 17.8 Å². The summed E-state index contributed by atoms with van der Waals surface area (Å²) in [5, 5.41) is 2.66. The van der Waals surface area contributed by atoms with Crippen LogP contribution in [0.25, 0.3) is 0 Å². The molecule has 0 radical (unpaired) electrons. The van der Waals surface area contributed by atoms with Gasteiger partial charge < -0.3 is 9.88 Å². The molecule has 0 spiro atoms. The summed E-state index contributed by atoms with van der Waals surface area (Å²) < 4.78 is 15.1. The van der Waals surface area contributed by atoms with E-state index in [-0.39, 0.29) is 24.7 Å². The van der Waals surface area contributed by atoms with E-state index in [0.717, 1.165) is 6.29 Å². The summed E-state index contributed by atoms with van der Waals surface area (Å²) in [5.74, 6) is -0.514. The number of benzene rings is 1. The summed E-state index contributed by atoms with van der Waals surface area (Å²) >= 11 is 0. The number of amides is 1. The Hall–Kier alpha value is -2.43. The molecule has 5 heteroatoms. The SMILES string of the molecule is O=Cc1cccn1CCC(=O)NCc1ccccc1F. The zero-order chi connectivity index (χ0) is 14.4. The molecule has 4 nitrogen and oxygen atoms in total. The van der Waals surface area contributed by atoms with Gasteiger partial charge in [0.1, 0.15) is 5.82 Å². The van der Waals surface area contributed by atoms with Crippen LogP contribution in [0.4, 0.5) is 4.39 Å². The molecule has 2 aromatic rings. The molecule has 0 fully saturated rings. The number of carbonyl (C=O) groups excluding carboxylic acids is 2. The highest BCUT2D eigenvalue weighted by atomic mass is 19.1. The van der Waals surface area contributed by atoms with E-state index in [9.17, 15) is 14.0 Å². The van der Waals surface area contributed by atoms with Crippen LogP contribution >= 0.6 is 0 Å². The predicted molar refractivity (Wildman–Crippen MR) is 72.7 cm³/mol. The Kier molecular flexibility index (Phi) is 4.65. The van der Waals surface area contributed by atoms with Crippen molar-refractivity contribution in [3.63, 3.8) is 0 Å². The number of aromatic nitrogens is 1. The molecule has 20 heavy (non-hydrogen) atoms. The van der Waals surface area contributed by atoms with Crippen molar-refractivity contribution in [2.75, 3.05) is 0 Å². The van der Waals surface area contributed by atoms with Crippen molar-refractivity contribution in [1.29, 1.82) is 0 Å². The van der Waals surface area contributed by atoms with Gasteiger partial charge in [0.15, 0.2) is 6.29 Å². The summed E-state index contributed by atoms with van der Waals surface area (Å²) in [6, 6.07) is 9.75. The van der Waals surface area contributed by atoms with Crippen LogP contribution in [0.3, 0.4) is 0 Å². The zero-order valence-corrected chi connectivity index (χ0v) is 10.9. The van der Waals surface area contributed by atoms with Crippen LogP contribution in [0.5, 0.6) is 0 Å². The molecule has 1 N–H and O–H groups in total. The monoisotopic (exact) mass is 274 g/mol. The first-order chi connectivity index (χ1) is 9.70. The minimum Gasteiger partial charge on any atom is -0.352 e. The second-order valence-electron chi connectivity index (χ2n) is 4.36. The van der Waals surface area contributed by atoms with E-state index in [1.54, 1.807) is 41.1 Å². The van der Waals surface area contributed by atoms with Crippen molar-refractivity contribution in [1.82, 2.24) is 9.88 Å². The number of nitrogens with one attached hydrogen (secondary N) is 1. The maximum Gasteiger partial charge on any atom is 0.222 e. The van der Waals surface area contributed by atoms with Gasteiger partial charge in [-0.05, 0) is 18.2 Å². The highest BCUT2D eigenvalue weighted by Gasteiger charge is 2.06. The maximum absolute atomic E-state index is 13.4. The van der Waals surface area contributed by atoms with Gasteiger partial charge in [0, 0.05) is 31.3 Å². The quantitative estimate of drug-likeness (QED) is 0.821. The Morgan fingerprint density at radius 2 is 2.05 bits per heavy atom. The first kappa shape index (κ1) is 14.0. The second-order valence-corrected chi connectivity index (χ2v) is 4.36.